The molecule has 0 spiro atoms. The zero-order valence-corrected chi connectivity index (χ0v) is 19.6. The summed E-state index contributed by atoms with van der Waals surface area (Å²) in [6.07, 6.45) is 0. The summed E-state index contributed by atoms with van der Waals surface area (Å²) in [7, 11) is 1.54. The lowest BCUT2D eigenvalue weighted by atomic mass is 9.95. The Morgan fingerprint density at radius 3 is 2.39 bits per heavy atom. The molecule has 9 heteroatoms. The number of carbonyl (C=O) groups excluding carboxylic acids is 2. The Bertz CT molecular complexity index is 1080. The molecule has 1 N–H and O–H groups in total. The van der Waals surface area contributed by atoms with Crippen molar-refractivity contribution < 1.29 is 24.2 Å². The molecule has 2 aromatic carbocycles. The molecular formula is C24H24Cl2N2O5. The van der Waals surface area contributed by atoms with Crippen LogP contribution >= 0.6 is 23.2 Å². The molecule has 1 unspecified atom stereocenters. The summed E-state index contributed by atoms with van der Waals surface area (Å²) in [5, 5.41) is 11.8. The van der Waals surface area contributed by atoms with Gasteiger partial charge >= 0.3 is 0 Å². The van der Waals surface area contributed by atoms with E-state index >= 15 is 0 Å². The number of hydrogen-bond donors (Lipinski definition) is 1. The van der Waals surface area contributed by atoms with E-state index in [2.05, 4.69) is 4.90 Å². The third kappa shape index (κ3) is 4.87. The number of hydrogen-bond acceptors (Lipinski definition) is 6. The van der Waals surface area contributed by atoms with Crippen molar-refractivity contribution in [2.24, 2.45) is 0 Å². The second-order valence-corrected chi connectivity index (χ2v) is 8.66. The van der Waals surface area contributed by atoms with Crippen LogP contribution in [0.5, 0.6) is 5.75 Å². The van der Waals surface area contributed by atoms with Crippen LogP contribution in [0.25, 0.3) is 5.76 Å². The Morgan fingerprint density at radius 1 is 1.06 bits per heavy atom. The van der Waals surface area contributed by atoms with Crippen molar-refractivity contribution in [3.8, 4) is 5.75 Å². The van der Waals surface area contributed by atoms with E-state index in [1.807, 2.05) is 0 Å². The first-order valence-corrected chi connectivity index (χ1v) is 11.3. The van der Waals surface area contributed by atoms with E-state index in [0.29, 0.717) is 53.2 Å². The highest BCUT2D eigenvalue weighted by molar-refractivity contribution is 6.46. The third-order valence-electron chi connectivity index (χ3n) is 5.92. The van der Waals surface area contributed by atoms with E-state index < -0.39 is 17.7 Å². The average molecular weight is 491 g/mol. The van der Waals surface area contributed by atoms with Gasteiger partial charge in [-0.05, 0) is 42.0 Å². The molecule has 2 aliphatic rings. The van der Waals surface area contributed by atoms with Crippen molar-refractivity contribution in [2.45, 2.75) is 6.04 Å². The topological polar surface area (TPSA) is 79.3 Å². The predicted molar refractivity (Wildman–Crippen MR) is 126 cm³/mol. The van der Waals surface area contributed by atoms with Crippen LogP contribution in [-0.2, 0) is 14.3 Å². The Labute approximate surface area is 202 Å². The van der Waals surface area contributed by atoms with E-state index in [0.717, 1.165) is 13.1 Å². The third-order valence-corrected chi connectivity index (χ3v) is 6.66. The first-order chi connectivity index (χ1) is 15.9. The number of aliphatic hydroxyl groups excluding tert-OH is 1. The summed E-state index contributed by atoms with van der Waals surface area (Å²) in [6, 6.07) is 10.8. The number of halogens is 2. The maximum atomic E-state index is 13.1. The van der Waals surface area contributed by atoms with Crippen molar-refractivity contribution in [1.82, 2.24) is 9.80 Å². The smallest absolute Gasteiger partial charge is 0.295 e. The molecule has 0 radical (unpaired) electrons. The van der Waals surface area contributed by atoms with Crippen LogP contribution in [-0.4, -0.2) is 73.1 Å². The summed E-state index contributed by atoms with van der Waals surface area (Å²) in [5.41, 5.74) is 1.03. The number of ether oxygens (including phenoxy) is 2. The second-order valence-electron chi connectivity index (χ2n) is 7.85. The van der Waals surface area contributed by atoms with Gasteiger partial charge in [0.25, 0.3) is 11.7 Å². The predicted octanol–water partition coefficient (Wildman–Crippen LogP) is 3.76. The highest BCUT2D eigenvalue weighted by atomic mass is 35.5. The molecule has 2 fully saturated rings. The normalized spacial score (nSPS) is 20.9. The number of methoxy groups -OCH3 is 1. The minimum atomic E-state index is -0.789. The van der Waals surface area contributed by atoms with Gasteiger partial charge in [-0.25, -0.2) is 0 Å². The Kier molecular flexibility index (Phi) is 7.24. The number of aliphatic hydroxyl groups is 1. The molecule has 2 saturated heterocycles. The van der Waals surface area contributed by atoms with Crippen molar-refractivity contribution in [2.75, 3.05) is 46.5 Å². The quantitative estimate of drug-likeness (QED) is 0.377. The summed E-state index contributed by atoms with van der Waals surface area (Å²) in [4.78, 5) is 29.9. The van der Waals surface area contributed by atoms with E-state index in [9.17, 15) is 14.7 Å². The fraction of sp³-hybridized carbons (Fsp3) is 0.333. The van der Waals surface area contributed by atoms with Crippen molar-refractivity contribution in [3.63, 3.8) is 0 Å². The molecule has 1 amide bonds. The molecular weight excluding hydrogens is 467 g/mol. The van der Waals surface area contributed by atoms with Gasteiger partial charge in [-0.15, -0.1) is 0 Å². The number of likely N-dealkylation sites (tertiary alicyclic amines) is 1. The lowest BCUT2D eigenvalue weighted by molar-refractivity contribution is -0.140. The zero-order chi connectivity index (χ0) is 23.5. The molecule has 174 valence electrons. The molecule has 2 aromatic rings. The monoisotopic (exact) mass is 490 g/mol. The number of carbonyl (C=O) groups is 2. The number of amides is 1. The fourth-order valence-corrected chi connectivity index (χ4v) is 4.42. The van der Waals surface area contributed by atoms with Gasteiger partial charge in [0.2, 0.25) is 0 Å². The number of rotatable bonds is 6. The SMILES string of the molecule is COc1ccc(/C(O)=C2\C(=O)C(=O)N(CCN3CCOCC3)C2c2ccc(Cl)c(Cl)c2)cc1. The van der Waals surface area contributed by atoms with Crippen LogP contribution in [0.15, 0.2) is 48.0 Å². The Morgan fingerprint density at radius 2 is 1.76 bits per heavy atom. The Balaban J connectivity index is 1.74. The zero-order valence-electron chi connectivity index (χ0n) is 18.1. The number of nitrogens with zero attached hydrogens (tertiary/aromatic N) is 2. The highest BCUT2D eigenvalue weighted by Crippen LogP contribution is 2.41. The van der Waals surface area contributed by atoms with Crippen molar-refractivity contribution in [3.05, 3.63) is 69.2 Å². The van der Waals surface area contributed by atoms with Gasteiger partial charge in [0.05, 0.1) is 42.0 Å². The number of morpholine rings is 1. The van der Waals surface area contributed by atoms with Crippen molar-refractivity contribution >= 4 is 40.7 Å². The highest BCUT2D eigenvalue weighted by Gasteiger charge is 2.46. The molecule has 0 bridgehead atoms. The van der Waals surface area contributed by atoms with Crippen LogP contribution in [0.3, 0.4) is 0 Å². The molecule has 0 saturated carbocycles. The fourth-order valence-electron chi connectivity index (χ4n) is 4.12. The lowest BCUT2D eigenvalue weighted by Crippen LogP contribution is -2.42. The number of Topliss-reactive ketones (excluding diaryl/α,β-unsaturated/α-hetero) is 1. The van der Waals surface area contributed by atoms with Gasteiger partial charge in [0.15, 0.2) is 0 Å². The van der Waals surface area contributed by atoms with Crippen LogP contribution in [0, 0.1) is 0 Å². The number of benzene rings is 2. The van der Waals surface area contributed by atoms with Crippen LogP contribution in [0.1, 0.15) is 17.2 Å². The van der Waals surface area contributed by atoms with E-state index in [4.69, 9.17) is 32.7 Å². The maximum Gasteiger partial charge on any atom is 0.295 e. The number of ketones is 1. The van der Waals surface area contributed by atoms with Gasteiger partial charge < -0.3 is 19.5 Å². The minimum Gasteiger partial charge on any atom is -0.507 e. The minimum absolute atomic E-state index is 0.0190. The van der Waals surface area contributed by atoms with Crippen LogP contribution < -0.4 is 4.74 Å². The van der Waals surface area contributed by atoms with Gasteiger partial charge in [-0.2, -0.15) is 0 Å². The standard InChI is InChI=1S/C24H24Cl2N2O5/c1-32-17-5-2-15(3-6-17)22(29)20-21(16-4-7-18(25)19(26)14-16)28(24(31)23(20)30)9-8-27-10-12-33-13-11-27/h2-7,14,21,29H,8-13H2,1H3/b22-20+. The molecule has 7 nitrogen and oxygen atoms in total. The molecule has 4 rings (SSSR count). The van der Waals surface area contributed by atoms with E-state index in [-0.39, 0.29) is 11.3 Å². The van der Waals surface area contributed by atoms with Crippen LogP contribution in [0.2, 0.25) is 10.0 Å². The summed E-state index contributed by atoms with van der Waals surface area (Å²) >= 11 is 12.4. The summed E-state index contributed by atoms with van der Waals surface area (Å²) < 4.78 is 10.6. The molecule has 2 heterocycles. The van der Waals surface area contributed by atoms with Gasteiger partial charge in [-0.1, -0.05) is 29.3 Å². The maximum absolute atomic E-state index is 13.1. The van der Waals surface area contributed by atoms with E-state index in [1.54, 1.807) is 49.6 Å². The lowest BCUT2D eigenvalue weighted by Gasteiger charge is -2.31. The molecule has 2 aliphatic heterocycles. The van der Waals surface area contributed by atoms with Crippen LogP contribution in [0.4, 0.5) is 0 Å². The summed E-state index contributed by atoms with van der Waals surface area (Å²) in [5.74, 6) is -1.03. The largest absolute Gasteiger partial charge is 0.507 e. The average Bonchev–Trinajstić information content (AvgIpc) is 3.09. The van der Waals surface area contributed by atoms with Crippen molar-refractivity contribution in [1.29, 1.82) is 0 Å². The molecule has 1 atom stereocenters. The first kappa shape index (κ1) is 23.6. The van der Waals surface area contributed by atoms with Gasteiger partial charge in [0, 0.05) is 31.7 Å². The van der Waals surface area contributed by atoms with Gasteiger partial charge in [-0.3, -0.25) is 14.5 Å². The first-order valence-electron chi connectivity index (χ1n) is 10.6. The Hall–Kier alpha value is -2.58. The summed E-state index contributed by atoms with van der Waals surface area (Å²) in [6.45, 7) is 3.67. The molecule has 0 aliphatic carbocycles. The van der Waals surface area contributed by atoms with Gasteiger partial charge in [0.1, 0.15) is 11.5 Å². The second kappa shape index (κ2) is 10.1. The molecule has 33 heavy (non-hydrogen) atoms. The van der Waals surface area contributed by atoms with E-state index in [1.165, 1.54) is 4.90 Å². The molecule has 0 aromatic heterocycles.